The van der Waals surface area contributed by atoms with E-state index >= 15 is 0 Å². The highest BCUT2D eigenvalue weighted by Gasteiger charge is 2.52. The van der Waals surface area contributed by atoms with Gasteiger partial charge in [0.05, 0.1) is 29.0 Å². The molecule has 7 nitrogen and oxygen atoms in total. The van der Waals surface area contributed by atoms with Crippen LogP contribution in [0.2, 0.25) is 5.02 Å². The van der Waals surface area contributed by atoms with Gasteiger partial charge in [0.15, 0.2) is 0 Å². The van der Waals surface area contributed by atoms with E-state index in [1.54, 1.807) is 43.3 Å². The molecule has 0 saturated heterocycles. The Morgan fingerprint density at radius 3 is 2.14 bits per heavy atom. The highest BCUT2D eigenvalue weighted by molar-refractivity contribution is 7.92. The highest BCUT2D eigenvalue weighted by Crippen LogP contribution is 2.49. The van der Waals surface area contributed by atoms with Crippen LogP contribution >= 0.6 is 11.6 Å². The summed E-state index contributed by atoms with van der Waals surface area (Å²) in [7, 11) is -2.26. The second-order valence-corrected chi connectivity index (χ2v) is 11.1. The lowest BCUT2D eigenvalue weighted by Gasteiger charge is -2.20. The van der Waals surface area contributed by atoms with Crippen LogP contribution in [-0.4, -0.2) is 33.9 Å². The Balaban J connectivity index is 1.36. The molecule has 0 unspecified atom stereocenters. The standard InChI is InChI=1S/C27H27ClN2O5S/c1-3-35-26(32)27(16-17-27)20-6-10-22(11-7-20)29-25(31)18-19-4-12-23(13-5-19)30(2)36(33,34)24-14-8-21(28)9-15-24/h4-15H,3,16-18H2,1-2H3,(H,29,31). The molecule has 0 bridgehead atoms. The Morgan fingerprint density at radius 2 is 1.58 bits per heavy atom. The molecule has 1 fully saturated rings. The van der Waals surface area contributed by atoms with Crippen LogP contribution in [0.4, 0.5) is 11.4 Å². The zero-order valence-corrected chi connectivity index (χ0v) is 21.6. The first-order chi connectivity index (χ1) is 17.2. The van der Waals surface area contributed by atoms with Gasteiger partial charge in [0.1, 0.15) is 0 Å². The lowest BCUT2D eigenvalue weighted by atomic mass is 9.96. The van der Waals surface area contributed by atoms with E-state index in [2.05, 4.69) is 5.32 Å². The van der Waals surface area contributed by atoms with Crippen LogP contribution in [0.15, 0.2) is 77.7 Å². The average molecular weight is 527 g/mol. The zero-order chi connectivity index (χ0) is 25.9. The fraction of sp³-hybridized carbons (Fsp3) is 0.259. The van der Waals surface area contributed by atoms with Crippen LogP contribution in [0.5, 0.6) is 0 Å². The number of esters is 1. The number of hydrogen-bond acceptors (Lipinski definition) is 5. The van der Waals surface area contributed by atoms with Gasteiger partial charge in [0.25, 0.3) is 10.0 Å². The van der Waals surface area contributed by atoms with E-state index in [1.807, 2.05) is 12.1 Å². The fourth-order valence-electron chi connectivity index (χ4n) is 4.00. The molecule has 4 rings (SSSR count). The Hall–Kier alpha value is -3.36. The molecule has 1 amide bonds. The van der Waals surface area contributed by atoms with E-state index in [4.69, 9.17) is 16.3 Å². The summed E-state index contributed by atoms with van der Waals surface area (Å²) in [5.41, 5.74) is 2.19. The van der Waals surface area contributed by atoms with Crippen LogP contribution in [0.25, 0.3) is 0 Å². The Morgan fingerprint density at radius 1 is 0.972 bits per heavy atom. The summed E-state index contributed by atoms with van der Waals surface area (Å²) in [5.74, 6) is -0.402. The second kappa shape index (κ2) is 10.3. The molecule has 36 heavy (non-hydrogen) atoms. The quantitative estimate of drug-likeness (QED) is 0.399. The third-order valence-electron chi connectivity index (χ3n) is 6.27. The first-order valence-corrected chi connectivity index (χ1v) is 13.4. The van der Waals surface area contributed by atoms with Gasteiger partial charge in [0, 0.05) is 17.8 Å². The van der Waals surface area contributed by atoms with Gasteiger partial charge in [-0.15, -0.1) is 0 Å². The number of anilines is 2. The first kappa shape index (κ1) is 25.7. The average Bonchev–Trinajstić information content (AvgIpc) is 3.67. The normalized spacial score (nSPS) is 14.1. The topological polar surface area (TPSA) is 92.8 Å². The number of hydrogen-bond donors (Lipinski definition) is 1. The van der Waals surface area contributed by atoms with Gasteiger partial charge in [-0.1, -0.05) is 35.9 Å². The SMILES string of the molecule is CCOC(=O)C1(c2ccc(NC(=O)Cc3ccc(N(C)S(=O)(=O)c4ccc(Cl)cc4)cc3)cc2)CC1. The molecule has 9 heteroatoms. The third-order valence-corrected chi connectivity index (χ3v) is 8.33. The summed E-state index contributed by atoms with van der Waals surface area (Å²) in [6.07, 6.45) is 1.66. The molecule has 1 N–H and O–H groups in total. The van der Waals surface area contributed by atoms with E-state index in [-0.39, 0.29) is 23.2 Å². The predicted molar refractivity (Wildman–Crippen MR) is 140 cm³/mol. The van der Waals surface area contributed by atoms with Gasteiger partial charge in [-0.25, -0.2) is 8.42 Å². The molecule has 0 radical (unpaired) electrons. The number of nitrogens with zero attached hydrogens (tertiary/aromatic N) is 1. The van der Waals surface area contributed by atoms with Crippen LogP contribution in [0.3, 0.4) is 0 Å². The summed E-state index contributed by atoms with van der Waals surface area (Å²) in [6, 6.07) is 20.0. The van der Waals surface area contributed by atoms with Gasteiger partial charge in [0.2, 0.25) is 5.91 Å². The number of amides is 1. The van der Waals surface area contributed by atoms with Crippen molar-refractivity contribution in [3.63, 3.8) is 0 Å². The number of ether oxygens (including phenoxy) is 1. The maximum atomic E-state index is 12.9. The molecule has 0 aromatic heterocycles. The third kappa shape index (κ3) is 5.39. The van der Waals surface area contributed by atoms with Crippen molar-refractivity contribution < 1.29 is 22.7 Å². The number of benzene rings is 3. The lowest BCUT2D eigenvalue weighted by Crippen LogP contribution is -2.26. The van der Waals surface area contributed by atoms with E-state index in [0.29, 0.717) is 23.0 Å². The van der Waals surface area contributed by atoms with Crippen LogP contribution in [0.1, 0.15) is 30.9 Å². The largest absolute Gasteiger partial charge is 0.465 e. The molecule has 1 aliphatic rings. The predicted octanol–water partition coefficient (Wildman–Crippen LogP) is 4.94. The maximum Gasteiger partial charge on any atom is 0.316 e. The van der Waals surface area contributed by atoms with Gasteiger partial charge >= 0.3 is 5.97 Å². The summed E-state index contributed by atoms with van der Waals surface area (Å²) in [5, 5.41) is 3.32. The van der Waals surface area contributed by atoms with Crippen molar-refractivity contribution in [1.29, 1.82) is 0 Å². The molecular weight excluding hydrogens is 500 g/mol. The number of carbonyl (C=O) groups excluding carboxylic acids is 2. The van der Waals surface area contributed by atoms with E-state index in [0.717, 1.165) is 24.0 Å². The Bertz CT molecular complexity index is 1350. The molecule has 1 aliphatic carbocycles. The monoisotopic (exact) mass is 526 g/mol. The molecule has 0 aliphatic heterocycles. The molecule has 3 aromatic carbocycles. The van der Waals surface area contributed by atoms with Crippen LogP contribution < -0.4 is 9.62 Å². The molecule has 0 heterocycles. The number of halogens is 1. The van der Waals surface area contributed by atoms with Crippen molar-refractivity contribution in [3.05, 3.63) is 88.9 Å². The molecular formula is C27H27ClN2O5S. The van der Waals surface area contributed by atoms with Crippen molar-refractivity contribution >= 4 is 44.9 Å². The summed E-state index contributed by atoms with van der Waals surface area (Å²) >= 11 is 5.86. The fourth-order valence-corrected chi connectivity index (χ4v) is 5.32. The Kier molecular flexibility index (Phi) is 7.38. The minimum absolute atomic E-state index is 0.127. The van der Waals surface area contributed by atoms with Gasteiger partial charge in [-0.2, -0.15) is 0 Å². The van der Waals surface area contributed by atoms with Crippen molar-refractivity contribution in [2.75, 3.05) is 23.3 Å². The highest BCUT2D eigenvalue weighted by atomic mass is 35.5. The van der Waals surface area contributed by atoms with Crippen molar-refractivity contribution in [2.45, 2.75) is 36.5 Å². The first-order valence-electron chi connectivity index (χ1n) is 11.6. The van der Waals surface area contributed by atoms with E-state index < -0.39 is 15.4 Å². The number of carbonyl (C=O) groups is 2. The van der Waals surface area contributed by atoms with E-state index in [1.165, 1.54) is 35.6 Å². The van der Waals surface area contributed by atoms with Crippen LogP contribution in [-0.2, 0) is 36.2 Å². The number of nitrogens with one attached hydrogen (secondary N) is 1. The van der Waals surface area contributed by atoms with Gasteiger partial charge in [-0.05, 0) is 79.4 Å². The summed E-state index contributed by atoms with van der Waals surface area (Å²) < 4.78 is 32.1. The molecule has 3 aromatic rings. The van der Waals surface area contributed by atoms with E-state index in [9.17, 15) is 18.0 Å². The lowest BCUT2D eigenvalue weighted by molar-refractivity contribution is -0.146. The summed E-state index contributed by atoms with van der Waals surface area (Å²) in [6.45, 7) is 2.14. The molecule has 1 saturated carbocycles. The van der Waals surface area contributed by atoms with Gasteiger partial charge in [-0.3, -0.25) is 13.9 Å². The second-order valence-electron chi connectivity index (χ2n) is 8.70. The molecule has 0 atom stereocenters. The Labute approximate surface area is 216 Å². The number of rotatable bonds is 9. The van der Waals surface area contributed by atoms with Crippen molar-refractivity contribution in [2.24, 2.45) is 0 Å². The van der Waals surface area contributed by atoms with Crippen LogP contribution in [0, 0.1) is 0 Å². The zero-order valence-electron chi connectivity index (χ0n) is 20.0. The molecule has 188 valence electrons. The van der Waals surface area contributed by atoms with Crippen molar-refractivity contribution in [3.8, 4) is 0 Å². The molecule has 0 spiro atoms. The maximum absolute atomic E-state index is 12.9. The summed E-state index contributed by atoms with van der Waals surface area (Å²) in [4.78, 5) is 25.0. The number of sulfonamides is 1. The van der Waals surface area contributed by atoms with Crippen molar-refractivity contribution in [1.82, 2.24) is 0 Å². The smallest absolute Gasteiger partial charge is 0.316 e. The van der Waals surface area contributed by atoms with Gasteiger partial charge < -0.3 is 10.1 Å². The minimum atomic E-state index is -3.74. The minimum Gasteiger partial charge on any atom is -0.465 e.